The fraction of sp³-hybridized carbons (Fsp3) is 0.250. The van der Waals surface area contributed by atoms with Crippen molar-refractivity contribution in [2.75, 3.05) is 7.11 Å². The van der Waals surface area contributed by atoms with Gasteiger partial charge in [-0.05, 0) is 41.8 Å². The maximum atomic E-state index is 13.4. The maximum Gasteiger partial charge on any atom is 0.205 e. The van der Waals surface area contributed by atoms with Crippen LogP contribution in [0.4, 0.5) is 4.39 Å². The second-order valence-electron chi connectivity index (χ2n) is 7.37. The maximum absolute atomic E-state index is 13.4. The highest BCUT2D eigenvalue weighted by Gasteiger charge is 2.38. The van der Waals surface area contributed by atoms with Gasteiger partial charge in [-0.1, -0.05) is 18.2 Å². The molecule has 1 heterocycles. The van der Waals surface area contributed by atoms with Crippen LogP contribution in [-0.2, 0) is 16.1 Å². The molecule has 1 atom stereocenters. The molecular formula is C24H21FN2O4. The van der Waals surface area contributed by atoms with Gasteiger partial charge in [0.1, 0.15) is 29.8 Å². The van der Waals surface area contributed by atoms with E-state index in [9.17, 15) is 14.4 Å². The van der Waals surface area contributed by atoms with Gasteiger partial charge in [0.15, 0.2) is 17.3 Å². The third-order valence-electron chi connectivity index (χ3n) is 5.41. The lowest BCUT2D eigenvalue weighted by molar-refractivity contribution is -0.116. The van der Waals surface area contributed by atoms with E-state index >= 15 is 0 Å². The van der Waals surface area contributed by atoms with Gasteiger partial charge in [0.25, 0.3) is 0 Å². The number of Topliss-reactive ketones (excluding diaryl/α,β-unsaturated/α-hetero) is 1. The minimum Gasteiger partial charge on any atom is -0.493 e. The standard InChI is InChI=1S/C24H21FN2O4/c1-29-21-11-15(8-9-19(21)30-13-14-4-2-5-16(25)10-14)22-17(12-26)24(27)31-20-7-3-6-18(28)23(20)22/h2,4-5,8-11,22H,3,6-7,13,27H2,1H3/t22-/m1/s1. The SMILES string of the molecule is COc1cc([C@@H]2C(C#N)=C(N)OC3=C2C(=O)CCC3)ccc1OCc1cccc(F)c1. The molecule has 0 aromatic heterocycles. The topological polar surface area (TPSA) is 94.6 Å². The van der Waals surface area contributed by atoms with Crippen molar-refractivity contribution in [1.29, 1.82) is 5.26 Å². The highest BCUT2D eigenvalue weighted by molar-refractivity contribution is 5.99. The molecule has 1 aliphatic carbocycles. The molecule has 158 valence electrons. The predicted molar refractivity (Wildman–Crippen MR) is 110 cm³/mol. The number of hydrogen-bond acceptors (Lipinski definition) is 6. The summed E-state index contributed by atoms with van der Waals surface area (Å²) in [6.07, 6.45) is 1.70. The fourth-order valence-corrected chi connectivity index (χ4v) is 3.96. The Hall–Kier alpha value is -3.79. The summed E-state index contributed by atoms with van der Waals surface area (Å²) in [5.74, 6) is 0.445. The Kier molecular flexibility index (Phi) is 5.63. The van der Waals surface area contributed by atoms with E-state index in [2.05, 4.69) is 6.07 Å². The summed E-state index contributed by atoms with van der Waals surface area (Å²) in [6.45, 7) is 0.162. The normalized spacial score (nSPS) is 18.2. The Morgan fingerprint density at radius 1 is 1.23 bits per heavy atom. The van der Waals surface area contributed by atoms with Crippen LogP contribution in [0.1, 0.15) is 36.3 Å². The van der Waals surface area contributed by atoms with E-state index in [1.165, 1.54) is 19.2 Å². The number of methoxy groups -OCH3 is 1. The van der Waals surface area contributed by atoms with Gasteiger partial charge in [0.2, 0.25) is 5.88 Å². The van der Waals surface area contributed by atoms with Crippen molar-refractivity contribution in [3.63, 3.8) is 0 Å². The first-order chi connectivity index (χ1) is 15.0. The molecule has 31 heavy (non-hydrogen) atoms. The average molecular weight is 420 g/mol. The van der Waals surface area contributed by atoms with E-state index < -0.39 is 5.92 Å². The molecule has 0 fully saturated rings. The average Bonchev–Trinajstić information content (AvgIpc) is 2.77. The number of nitrogens with zero attached hydrogens (tertiary/aromatic N) is 1. The van der Waals surface area contributed by atoms with Gasteiger partial charge in [-0.15, -0.1) is 0 Å². The lowest BCUT2D eigenvalue weighted by Crippen LogP contribution is -2.27. The van der Waals surface area contributed by atoms with Crippen molar-refractivity contribution in [1.82, 2.24) is 0 Å². The molecule has 0 radical (unpaired) electrons. The number of ether oxygens (including phenoxy) is 3. The second kappa shape index (κ2) is 8.52. The molecule has 2 aromatic carbocycles. The van der Waals surface area contributed by atoms with Gasteiger partial charge in [0.05, 0.1) is 13.0 Å². The number of carbonyl (C=O) groups is 1. The number of hydrogen-bond donors (Lipinski definition) is 1. The summed E-state index contributed by atoms with van der Waals surface area (Å²) in [4.78, 5) is 12.7. The molecule has 0 saturated carbocycles. The van der Waals surface area contributed by atoms with E-state index in [0.717, 1.165) is 0 Å². The van der Waals surface area contributed by atoms with E-state index in [0.29, 0.717) is 53.2 Å². The van der Waals surface area contributed by atoms with Gasteiger partial charge < -0.3 is 19.9 Å². The quantitative estimate of drug-likeness (QED) is 0.778. The Labute approximate surface area is 179 Å². The lowest BCUT2D eigenvalue weighted by Gasteiger charge is -2.31. The van der Waals surface area contributed by atoms with Crippen molar-refractivity contribution in [3.05, 3.63) is 82.2 Å². The molecule has 0 saturated heterocycles. The molecular weight excluding hydrogens is 399 g/mol. The number of carbonyl (C=O) groups excluding carboxylic acids is 1. The molecule has 7 heteroatoms. The van der Waals surface area contributed by atoms with Crippen LogP contribution in [0.3, 0.4) is 0 Å². The van der Waals surface area contributed by atoms with E-state index in [1.807, 2.05) is 0 Å². The summed E-state index contributed by atoms with van der Waals surface area (Å²) >= 11 is 0. The molecule has 4 rings (SSSR count). The molecule has 2 aromatic rings. The number of rotatable bonds is 5. The summed E-state index contributed by atoms with van der Waals surface area (Å²) in [5, 5.41) is 9.70. The monoisotopic (exact) mass is 420 g/mol. The van der Waals surface area contributed by atoms with E-state index in [-0.39, 0.29) is 29.7 Å². The number of nitriles is 1. The van der Waals surface area contributed by atoms with Crippen molar-refractivity contribution in [2.24, 2.45) is 5.73 Å². The zero-order valence-corrected chi connectivity index (χ0v) is 17.0. The van der Waals surface area contributed by atoms with Crippen LogP contribution in [0.25, 0.3) is 0 Å². The van der Waals surface area contributed by atoms with E-state index in [1.54, 1.807) is 30.3 Å². The minimum atomic E-state index is -0.618. The zero-order chi connectivity index (χ0) is 22.0. The van der Waals surface area contributed by atoms with Gasteiger partial charge in [-0.3, -0.25) is 4.79 Å². The minimum absolute atomic E-state index is 0.0198. The first-order valence-electron chi connectivity index (χ1n) is 9.90. The van der Waals surface area contributed by atoms with Gasteiger partial charge in [-0.2, -0.15) is 5.26 Å². The highest BCUT2D eigenvalue weighted by Crippen LogP contribution is 2.45. The van der Waals surface area contributed by atoms with Crippen LogP contribution in [0.2, 0.25) is 0 Å². The highest BCUT2D eigenvalue weighted by atomic mass is 19.1. The van der Waals surface area contributed by atoms with Crippen LogP contribution in [-0.4, -0.2) is 12.9 Å². The summed E-state index contributed by atoms with van der Waals surface area (Å²) < 4.78 is 30.3. The first-order valence-corrected chi connectivity index (χ1v) is 9.90. The third kappa shape index (κ3) is 3.97. The Morgan fingerprint density at radius 2 is 2.06 bits per heavy atom. The molecule has 2 N–H and O–H groups in total. The van der Waals surface area contributed by atoms with Crippen molar-refractivity contribution >= 4 is 5.78 Å². The van der Waals surface area contributed by atoms with Crippen LogP contribution in [0.15, 0.2) is 65.3 Å². The Balaban J connectivity index is 1.68. The van der Waals surface area contributed by atoms with Crippen molar-refractivity contribution < 1.29 is 23.4 Å². The largest absolute Gasteiger partial charge is 0.493 e. The molecule has 1 aliphatic heterocycles. The van der Waals surface area contributed by atoms with Crippen LogP contribution in [0, 0.1) is 17.1 Å². The number of ketones is 1. The van der Waals surface area contributed by atoms with Gasteiger partial charge >= 0.3 is 0 Å². The zero-order valence-electron chi connectivity index (χ0n) is 17.0. The third-order valence-corrected chi connectivity index (χ3v) is 5.41. The summed E-state index contributed by atoms with van der Waals surface area (Å²) in [5.41, 5.74) is 8.04. The fourth-order valence-electron chi connectivity index (χ4n) is 3.96. The van der Waals surface area contributed by atoms with Crippen LogP contribution < -0.4 is 15.2 Å². The molecule has 2 aliphatic rings. The number of benzene rings is 2. The van der Waals surface area contributed by atoms with E-state index in [4.69, 9.17) is 19.9 Å². The van der Waals surface area contributed by atoms with Crippen LogP contribution >= 0.6 is 0 Å². The molecule has 0 amide bonds. The summed E-state index contributed by atoms with van der Waals surface area (Å²) in [7, 11) is 1.50. The molecule has 6 nitrogen and oxygen atoms in total. The van der Waals surface area contributed by atoms with Crippen LogP contribution in [0.5, 0.6) is 11.5 Å². The summed E-state index contributed by atoms with van der Waals surface area (Å²) in [6, 6.07) is 13.5. The van der Waals surface area contributed by atoms with Crippen molar-refractivity contribution in [3.8, 4) is 17.6 Å². The Morgan fingerprint density at radius 3 is 2.81 bits per heavy atom. The number of halogens is 1. The van der Waals surface area contributed by atoms with Gasteiger partial charge in [-0.25, -0.2) is 4.39 Å². The number of allylic oxidation sites excluding steroid dienone is 3. The molecule has 0 bridgehead atoms. The van der Waals surface area contributed by atoms with Crippen molar-refractivity contribution in [2.45, 2.75) is 31.8 Å². The lowest BCUT2D eigenvalue weighted by atomic mass is 9.77. The Bertz CT molecular complexity index is 1150. The first kappa shape index (κ1) is 20.5. The second-order valence-corrected chi connectivity index (χ2v) is 7.37. The predicted octanol–water partition coefficient (Wildman–Crippen LogP) is 4.23. The molecule has 0 unspecified atom stereocenters. The number of nitrogens with two attached hydrogens (primary N) is 1. The smallest absolute Gasteiger partial charge is 0.205 e. The molecule has 0 spiro atoms. The van der Waals surface area contributed by atoms with Gasteiger partial charge in [0, 0.05) is 18.4 Å².